The van der Waals surface area contributed by atoms with Crippen LogP contribution >= 0.6 is 11.6 Å². The lowest BCUT2D eigenvalue weighted by molar-refractivity contribution is -0.121. The Morgan fingerprint density at radius 1 is 1.35 bits per heavy atom. The van der Waals surface area contributed by atoms with Gasteiger partial charge in [-0.25, -0.2) is 4.79 Å². The summed E-state index contributed by atoms with van der Waals surface area (Å²) >= 11 is 5.98. The molecule has 0 bridgehead atoms. The van der Waals surface area contributed by atoms with Crippen LogP contribution in [0.4, 0.5) is 4.79 Å². The molecule has 1 aromatic carbocycles. The van der Waals surface area contributed by atoms with Crippen LogP contribution in [0.25, 0.3) is 0 Å². The van der Waals surface area contributed by atoms with Crippen molar-refractivity contribution in [1.29, 1.82) is 0 Å². The number of primary amides is 1. The minimum Gasteiger partial charge on any atom is -0.496 e. The highest BCUT2D eigenvalue weighted by atomic mass is 35.5. The quantitative estimate of drug-likeness (QED) is 0.831. The maximum absolute atomic E-state index is 11.7. The Kier molecular flexibility index (Phi) is 6.69. The van der Waals surface area contributed by atoms with E-state index >= 15 is 0 Å². The lowest BCUT2D eigenvalue weighted by Gasteiger charge is -2.21. The monoisotopic (exact) mass is 342 g/mol. The van der Waals surface area contributed by atoms with Crippen molar-refractivity contribution in [2.45, 2.75) is 32.8 Å². The van der Waals surface area contributed by atoms with E-state index in [0.29, 0.717) is 17.2 Å². The van der Waals surface area contributed by atoms with Crippen molar-refractivity contribution < 1.29 is 19.1 Å². The van der Waals surface area contributed by atoms with Crippen LogP contribution in [0.1, 0.15) is 26.3 Å². The molecule has 0 aliphatic rings. The van der Waals surface area contributed by atoms with Crippen LogP contribution in [0.5, 0.6) is 5.75 Å². The van der Waals surface area contributed by atoms with E-state index in [1.54, 1.807) is 39.0 Å². The summed E-state index contributed by atoms with van der Waals surface area (Å²) in [7, 11) is 1.53. The number of nitrogens with one attached hydrogen (secondary N) is 1. The summed E-state index contributed by atoms with van der Waals surface area (Å²) in [5.41, 5.74) is 5.56. The van der Waals surface area contributed by atoms with Crippen LogP contribution in [-0.4, -0.2) is 31.3 Å². The minimum atomic E-state index is -0.609. The number of alkyl carbamates (subject to hydrolysis) is 1. The predicted octanol–water partition coefficient (Wildman–Crippen LogP) is 2.52. The zero-order valence-corrected chi connectivity index (χ0v) is 14.6. The number of amides is 2. The highest BCUT2D eigenvalue weighted by Gasteiger charge is 2.21. The third kappa shape index (κ3) is 6.78. The number of ether oxygens (including phenoxy) is 2. The molecule has 0 saturated carbocycles. The number of carbonyl (C=O) groups excluding carboxylic acids is 2. The van der Waals surface area contributed by atoms with Crippen LogP contribution in [0.15, 0.2) is 18.2 Å². The number of methoxy groups -OCH3 is 1. The molecule has 1 aromatic rings. The van der Waals surface area contributed by atoms with Crippen LogP contribution in [0.3, 0.4) is 0 Å². The SMILES string of the molecule is COc1ccc(Cl)cc1C[C@@H](CNC(=O)OC(C)(C)C)C(N)=O. The predicted molar refractivity (Wildman–Crippen MR) is 88.6 cm³/mol. The summed E-state index contributed by atoms with van der Waals surface area (Å²) in [5.74, 6) is -0.518. The van der Waals surface area contributed by atoms with E-state index < -0.39 is 23.5 Å². The third-order valence-corrected chi connectivity index (χ3v) is 3.24. The second kappa shape index (κ2) is 8.06. The fourth-order valence-electron chi connectivity index (χ4n) is 1.97. The molecule has 0 heterocycles. The zero-order chi connectivity index (χ0) is 17.6. The summed E-state index contributed by atoms with van der Waals surface area (Å²) in [6, 6.07) is 5.13. The van der Waals surface area contributed by atoms with Crippen LogP contribution < -0.4 is 15.8 Å². The molecule has 128 valence electrons. The molecule has 0 unspecified atom stereocenters. The Balaban J connectivity index is 2.75. The highest BCUT2D eigenvalue weighted by molar-refractivity contribution is 6.30. The molecule has 0 spiro atoms. The topological polar surface area (TPSA) is 90.7 Å². The van der Waals surface area contributed by atoms with Gasteiger partial charge in [0.1, 0.15) is 11.4 Å². The lowest BCUT2D eigenvalue weighted by Crippen LogP contribution is -2.39. The summed E-state index contributed by atoms with van der Waals surface area (Å²) < 4.78 is 10.4. The smallest absolute Gasteiger partial charge is 0.407 e. The second-order valence-electron chi connectivity index (χ2n) is 6.14. The Morgan fingerprint density at radius 2 is 2.00 bits per heavy atom. The van der Waals surface area contributed by atoms with E-state index in [-0.39, 0.29) is 6.54 Å². The molecule has 23 heavy (non-hydrogen) atoms. The normalized spacial score (nSPS) is 12.4. The van der Waals surface area contributed by atoms with Gasteiger partial charge in [-0.05, 0) is 51.0 Å². The number of nitrogens with two attached hydrogens (primary N) is 1. The van der Waals surface area contributed by atoms with Crippen molar-refractivity contribution in [1.82, 2.24) is 5.32 Å². The molecule has 6 nitrogen and oxygen atoms in total. The fraction of sp³-hybridized carbons (Fsp3) is 0.500. The molecule has 1 rings (SSSR count). The number of rotatable bonds is 6. The minimum absolute atomic E-state index is 0.0694. The Bertz CT molecular complexity index is 570. The molecule has 3 N–H and O–H groups in total. The number of carbonyl (C=O) groups is 2. The summed E-state index contributed by atoms with van der Waals surface area (Å²) in [6.07, 6.45) is -0.295. The van der Waals surface area contributed by atoms with Crippen molar-refractivity contribution >= 4 is 23.6 Å². The van der Waals surface area contributed by atoms with Gasteiger partial charge in [0.05, 0.1) is 13.0 Å². The average Bonchev–Trinajstić information content (AvgIpc) is 2.41. The second-order valence-corrected chi connectivity index (χ2v) is 6.58. The molecular weight excluding hydrogens is 320 g/mol. The maximum Gasteiger partial charge on any atom is 0.407 e. The van der Waals surface area contributed by atoms with E-state index in [9.17, 15) is 9.59 Å². The molecular formula is C16H23ClN2O4. The molecule has 7 heteroatoms. The average molecular weight is 343 g/mol. The van der Waals surface area contributed by atoms with Crippen LogP contribution in [0, 0.1) is 5.92 Å². The number of hydrogen-bond acceptors (Lipinski definition) is 4. The Labute approximate surface area is 141 Å². The van der Waals surface area contributed by atoms with Gasteiger partial charge < -0.3 is 20.5 Å². The maximum atomic E-state index is 11.7. The number of halogens is 1. The molecule has 1 atom stereocenters. The van der Waals surface area contributed by atoms with Gasteiger partial charge in [0, 0.05) is 11.6 Å². The van der Waals surface area contributed by atoms with Gasteiger partial charge in [0.2, 0.25) is 5.91 Å². The molecule has 2 amide bonds. The third-order valence-electron chi connectivity index (χ3n) is 3.00. The lowest BCUT2D eigenvalue weighted by atomic mass is 9.98. The summed E-state index contributed by atoms with van der Waals surface area (Å²) in [6.45, 7) is 5.35. The van der Waals surface area contributed by atoms with Gasteiger partial charge in [-0.15, -0.1) is 0 Å². The Hall–Kier alpha value is -1.95. The first-order chi connectivity index (χ1) is 10.6. The van der Waals surface area contributed by atoms with Gasteiger partial charge in [0.25, 0.3) is 0 Å². The molecule has 0 radical (unpaired) electrons. The molecule has 0 fully saturated rings. The zero-order valence-electron chi connectivity index (χ0n) is 13.8. The first kappa shape index (κ1) is 19.1. The van der Waals surface area contributed by atoms with Gasteiger partial charge in [-0.3, -0.25) is 4.79 Å². The van der Waals surface area contributed by atoms with Crippen LogP contribution in [-0.2, 0) is 16.0 Å². The van der Waals surface area contributed by atoms with Gasteiger partial charge >= 0.3 is 6.09 Å². The van der Waals surface area contributed by atoms with Crippen molar-refractivity contribution in [3.63, 3.8) is 0 Å². The van der Waals surface area contributed by atoms with Crippen molar-refractivity contribution in [2.75, 3.05) is 13.7 Å². The van der Waals surface area contributed by atoms with Gasteiger partial charge in [-0.1, -0.05) is 11.6 Å². The largest absolute Gasteiger partial charge is 0.496 e. The summed E-state index contributed by atoms with van der Waals surface area (Å²) in [5, 5.41) is 3.09. The first-order valence-electron chi connectivity index (χ1n) is 7.21. The van der Waals surface area contributed by atoms with E-state index in [4.69, 9.17) is 26.8 Å². The molecule has 0 aromatic heterocycles. The van der Waals surface area contributed by atoms with Gasteiger partial charge in [-0.2, -0.15) is 0 Å². The summed E-state index contributed by atoms with van der Waals surface area (Å²) in [4.78, 5) is 23.3. The van der Waals surface area contributed by atoms with Crippen molar-refractivity contribution in [2.24, 2.45) is 11.7 Å². The van der Waals surface area contributed by atoms with Crippen molar-refractivity contribution in [3.8, 4) is 5.75 Å². The molecule has 0 aliphatic heterocycles. The van der Waals surface area contributed by atoms with Crippen molar-refractivity contribution in [3.05, 3.63) is 28.8 Å². The van der Waals surface area contributed by atoms with Crippen LogP contribution in [0.2, 0.25) is 5.02 Å². The van der Waals surface area contributed by atoms with E-state index in [2.05, 4.69) is 5.32 Å². The van der Waals surface area contributed by atoms with E-state index in [0.717, 1.165) is 5.56 Å². The number of hydrogen-bond donors (Lipinski definition) is 2. The fourth-order valence-corrected chi connectivity index (χ4v) is 2.16. The standard InChI is InChI=1S/C16H23ClN2O4/c1-16(2,3)23-15(21)19-9-11(14(18)20)7-10-8-12(17)5-6-13(10)22-4/h5-6,8,11H,7,9H2,1-4H3,(H2,18,20)(H,19,21)/t11-/m0/s1. The molecule has 0 aliphatic carbocycles. The van der Waals surface area contributed by atoms with E-state index in [1.165, 1.54) is 7.11 Å². The Morgan fingerprint density at radius 3 is 2.52 bits per heavy atom. The highest BCUT2D eigenvalue weighted by Crippen LogP contribution is 2.25. The molecule has 0 saturated heterocycles. The number of benzene rings is 1. The first-order valence-corrected chi connectivity index (χ1v) is 7.58. The van der Waals surface area contributed by atoms with Gasteiger partial charge in [0.15, 0.2) is 0 Å². The van der Waals surface area contributed by atoms with E-state index in [1.807, 2.05) is 0 Å².